The zero-order valence-corrected chi connectivity index (χ0v) is 16.0. The van der Waals surface area contributed by atoms with Crippen molar-refractivity contribution < 1.29 is 13.9 Å². The van der Waals surface area contributed by atoms with Crippen molar-refractivity contribution in [2.45, 2.75) is 32.6 Å². The highest BCUT2D eigenvalue weighted by Crippen LogP contribution is 2.40. The van der Waals surface area contributed by atoms with Gasteiger partial charge in [-0.3, -0.25) is 14.6 Å². The summed E-state index contributed by atoms with van der Waals surface area (Å²) in [6.07, 6.45) is 2.05. The first kappa shape index (κ1) is 18.9. The maximum atomic E-state index is 13.6. The number of hydrogen-bond donors (Lipinski definition) is 2. The van der Waals surface area contributed by atoms with Crippen LogP contribution >= 0.6 is 0 Å². The molecule has 0 spiro atoms. The molecule has 4 rings (SSSR count). The van der Waals surface area contributed by atoms with Crippen LogP contribution in [0.15, 0.2) is 35.1 Å². The number of amides is 1. The SMILES string of the molecule is Cc1nc(-n2nc(C3CC3)cc2NC(=O)COc2ccccc2F)[nH]c(=O)c1C. The van der Waals surface area contributed by atoms with Crippen LogP contribution in [0, 0.1) is 19.7 Å². The van der Waals surface area contributed by atoms with Crippen LogP contribution in [0.1, 0.15) is 35.7 Å². The number of H-pyrrole nitrogens is 1. The summed E-state index contributed by atoms with van der Waals surface area (Å²) >= 11 is 0. The molecule has 1 fully saturated rings. The molecule has 0 unspecified atom stereocenters. The number of para-hydroxylation sites is 1. The molecule has 3 aromatic rings. The number of carbonyl (C=O) groups excluding carboxylic acids is 1. The fraction of sp³-hybridized carbons (Fsp3) is 0.300. The molecule has 1 aliphatic rings. The summed E-state index contributed by atoms with van der Waals surface area (Å²) in [6, 6.07) is 7.62. The molecule has 0 atom stereocenters. The molecule has 0 bridgehead atoms. The van der Waals surface area contributed by atoms with Gasteiger partial charge in [0.15, 0.2) is 18.2 Å². The molecule has 150 valence electrons. The smallest absolute Gasteiger partial charge is 0.263 e. The van der Waals surface area contributed by atoms with Gasteiger partial charge in [0.05, 0.1) is 5.69 Å². The van der Waals surface area contributed by atoms with Crippen LogP contribution in [0.25, 0.3) is 5.95 Å². The number of halogens is 1. The summed E-state index contributed by atoms with van der Waals surface area (Å²) in [5, 5.41) is 7.22. The van der Waals surface area contributed by atoms with Crippen LogP contribution in [0.3, 0.4) is 0 Å². The third kappa shape index (κ3) is 4.03. The van der Waals surface area contributed by atoms with Crippen molar-refractivity contribution in [3.8, 4) is 11.7 Å². The van der Waals surface area contributed by atoms with Crippen LogP contribution in [0.5, 0.6) is 5.75 Å². The Kier molecular flexibility index (Phi) is 4.87. The van der Waals surface area contributed by atoms with Gasteiger partial charge in [0.2, 0.25) is 5.95 Å². The number of anilines is 1. The van der Waals surface area contributed by atoms with Gasteiger partial charge in [-0.15, -0.1) is 0 Å². The Bertz CT molecular complexity index is 1130. The first-order chi connectivity index (χ1) is 13.9. The molecule has 1 aromatic carbocycles. The van der Waals surface area contributed by atoms with Crippen LogP contribution < -0.4 is 15.6 Å². The summed E-state index contributed by atoms with van der Waals surface area (Å²) < 4.78 is 20.3. The van der Waals surface area contributed by atoms with Crippen LogP contribution in [0.2, 0.25) is 0 Å². The molecule has 9 heteroatoms. The van der Waals surface area contributed by atoms with Crippen molar-refractivity contribution in [3.05, 3.63) is 63.5 Å². The lowest BCUT2D eigenvalue weighted by Gasteiger charge is -2.10. The van der Waals surface area contributed by atoms with E-state index in [1.807, 2.05) is 0 Å². The van der Waals surface area contributed by atoms with Gasteiger partial charge in [0, 0.05) is 23.2 Å². The maximum absolute atomic E-state index is 13.6. The lowest BCUT2D eigenvalue weighted by atomic mass is 10.3. The highest BCUT2D eigenvalue weighted by atomic mass is 19.1. The number of carbonyl (C=O) groups is 1. The van der Waals surface area contributed by atoms with Crippen LogP contribution in [-0.4, -0.2) is 32.3 Å². The van der Waals surface area contributed by atoms with E-state index in [9.17, 15) is 14.0 Å². The Morgan fingerprint density at radius 1 is 1.34 bits per heavy atom. The highest BCUT2D eigenvalue weighted by Gasteiger charge is 2.28. The fourth-order valence-corrected chi connectivity index (χ4v) is 2.84. The highest BCUT2D eigenvalue weighted by molar-refractivity contribution is 5.91. The topological polar surface area (TPSA) is 102 Å². The van der Waals surface area contributed by atoms with Gasteiger partial charge in [-0.05, 0) is 38.8 Å². The van der Waals surface area contributed by atoms with Gasteiger partial charge in [0.1, 0.15) is 5.82 Å². The maximum Gasteiger partial charge on any atom is 0.263 e. The van der Waals surface area contributed by atoms with Gasteiger partial charge in [-0.25, -0.2) is 9.37 Å². The Morgan fingerprint density at radius 3 is 2.79 bits per heavy atom. The zero-order valence-electron chi connectivity index (χ0n) is 16.0. The second-order valence-corrected chi connectivity index (χ2v) is 7.01. The molecule has 8 nitrogen and oxygen atoms in total. The van der Waals surface area contributed by atoms with E-state index in [2.05, 4.69) is 20.4 Å². The molecule has 1 amide bonds. The van der Waals surface area contributed by atoms with Crippen molar-refractivity contribution in [1.29, 1.82) is 0 Å². The minimum atomic E-state index is -0.543. The van der Waals surface area contributed by atoms with Crippen molar-refractivity contribution >= 4 is 11.7 Å². The summed E-state index contributed by atoms with van der Waals surface area (Å²) in [5.41, 5.74) is 1.65. The number of aromatic amines is 1. The van der Waals surface area contributed by atoms with Gasteiger partial charge in [-0.2, -0.15) is 9.78 Å². The molecule has 0 saturated heterocycles. The lowest BCUT2D eigenvalue weighted by Crippen LogP contribution is -2.24. The molecule has 2 aromatic heterocycles. The third-order valence-corrected chi connectivity index (χ3v) is 4.77. The molecule has 2 heterocycles. The average Bonchev–Trinajstić information content (AvgIpc) is 3.46. The first-order valence-corrected chi connectivity index (χ1v) is 9.27. The van der Waals surface area contributed by atoms with Crippen molar-refractivity contribution in [1.82, 2.24) is 19.7 Å². The monoisotopic (exact) mass is 397 g/mol. The van der Waals surface area contributed by atoms with Crippen molar-refractivity contribution in [2.24, 2.45) is 0 Å². The number of benzene rings is 1. The minimum Gasteiger partial charge on any atom is -0.481 e. The standard InChI is InChI=1S/C20H20FN5O3/c1-11-12(2)22-20(24-19(11)28)26-17(9-15(25-26)13-7-8-13)23-18(27)10-29-16-6-4-3-5-14(16)21/h3-6,9,13H,7-8,10H2,1-2H3,(H,23,27)(H,22,24,28). The van der Waals surface area contributed by atoms with Gasteiger partial charge >= 0.3 is 0 Å². The molecule has 1 saturated carbocycles. The molecule has 2 N–H and O–H groups in total. The van der Waals surface area contributed by atoms with Crippen LogP contribution in [0.4, 0.5) is 10.2 Å². The van der Waals surface area contributed by atoms with Gasteiger partial charge in [0.25, 0.3) is 11.5 Å². The van der Waals surface area contributed by atoms with Crippen molar-refractivity contribution in [2.75, 3.05) is 11.9 Å². The van der Waals surface area contributed by atoms with E-state index >= 15 is 0 Å². The number of aryl methyl sites for hydroxylation is 1. The first-order valence-electron chi connectivity index (χ1n) is 9.27. The van der Waals surface area contributed by atoms with Crippen molar-refractivity contribution in [3.63, 3.8) is 0 Å². The summed E-state index contributed by atoms with van der Waals surface area (Å²) in [6.45, 7) is 3.05. The number of hydrogen-bond acceptors (Lipinski definition) is 5. The molecular weight excluding hydrogens is 377 g/mol. The predicted molar refractivity (Wildman–Crippen MR) is 104 cm³/mol. The van der Waals surface area contributed by atoms with Crippen LogP contribution in [-0.2, 0) is 4.79 Å². The molecular formula is C20H20FN5O3. The third-order valence-electron chi connectivity index (χ3n) is 4.77. The Morgan fingerprint density at radius 2 is 2.10 bits per heavy atom. The summed E-state index contributed by atoms with van der Waals surface area (Å²) in [7, 11) is 0. The fourth-order valence-electron chi connectivity index (χ4n) is 2.84. The number of ether oxygens (including phenoxy) is 1. The Balaban J connectivity index is 1.57. The molecule has 0 radical (unpaired) electrons. The normalized spacial score (nSPS) is 13.3. The summed E-state index contributed by atoms with van der Waals surface area (Å²) in [5.74, 6) is -0.119. The predicted octanol–water partition coefficient (Wildman–Crippen LogP) is 2.61. The Labute approximate surface area is 165 Å². The van der Waals surface area contributed by atoms with E-state index in [-0.39, 0.29) is 23.9 Å². The molecule has 0 aliphatic heterocycles. The largest absolute Gasteiger partial charge is 0.481 e. The van der Waals surface area contributed by atoms with E-state index in [1.165, 1.54) is 22.9 Å². The van der Waals surface area contributed by atoms with E-state index in [1.54, 1.807) is 26.0 Å². The minimum absolute atomic E-state index is 0.00465. The lowest BCUT2D eigenvalue weighted by molar-refractivity contribution is -0.118. The number of aromatic nitrogens is 4. The van der Waals surface area contributed by atoms with E-state index < -0.39 is 11.7 Å². The quantitative estimate of drug-likeness (QED) is 0.666. The van der Waals surface area contributed by atoms with E-state index in [0.717, 1.165) is 18.5 Å². The number of nitrogens with zero attached hydrogens (tertiary/aromatic N) is 3. The zero-order chi connectivity index (χ0) is 20.5. The Hall–Kier alpha value is -3.49. The summed E-state index contributed by atoms with van der Waals surface area (Å²) in [4.78, 5) is 31.6. The molecule has 1 aliphatic carbocycles. The second kappa shape index (κ2) is 7.50. The van der Waals surface area contributed by atoms with E-state index in [4.69, 9.17) is 4.74 Å². The number of nitrogens with one attached hydrogen (secondary N) is 2. The molecule has 29 heavy (non-hydrogen) atoms. The number of rotatable bonds is 6. The van der Waals surface area contributed by atoms with Gasteiger partial charge in [-0.1, -0.05) is 12.1 Å². The van der Waals surface area contributed by atoms with E-state index in [0.29, 0.717) is 23.0 Å². The second-order valence-electron chi connectivity index (χ2n) is 7.01. The van der Waals surface area contributed by atoms with Gasteiger partial charge < -0.3 is 10.1 Å². The average molecular weight is 397 g/mol.